The number of nitrogen functional groups attached to an aromatic ring is 1. The number of nitrogens with zero attached hydrogens (tertiary/aromatic N) is 5. The molecule has 162 valence electrons. The first-order chi connectivity index (χ1) is 15.6. The SMILES string of the molecule is Nc1ccc(N2CCN(c3nnc(Cc4ccc(F)cc4)c4cc(O)ccc34)CC2)nc1. The Morgan fingerprint density at radius 1 is 0.875 bits per heavy atom. The Morgan fingerprint density at radius 3 is 2.34 bits per heavy atom. The highest BCUT2D eigenvalue weighted by atomic mass is 19.1. The van der Waals surface area contributed by atoms with Gasteiger partial charge < -0.3 is 20.6 Å². The summed E-state index contributed by atoms with van der Waals surface area (Å²) in [5.74, 6) is 1.61. The van der Waals surface area contributed by atoms with E-state index in [9.17, 15) is 9.50 Å². The van der Waals surface area contributed by atoms with E-state index in [1.54, 1.807) is 30.5 Å². The van der Waals surface area contributed by atoms with Crippen LogP contribution in [-0.2, 0) is 6.42 Å². The Labute approximate surface area is 184 Å². The lowest BCUT2D eigenvalue weighted by molar-refractivity contribution is 0.476. The minimum Gasteiger partial charge on any atom is -0.508 e. The minimum atomic E-state index is -0.272. The molecule has 0 saturated carbocycles. The van der Waals surface area contributed by atoms with E-state index in [4.69, 9.17) is 5.73 Å². The molecule has 0 spiro atoms. The van der Waals surface area contributed by atoms with Crippen LogP contribution in [0.4, 0.5) is 21.7 Å². The number of phenols is 1. The van der Waals surface area contributed by atoms with Gasteiger partial charge in [0, 0.05) is 43.4 Å². The largest absolute Gasteiger partial charge is 0.508 e. The lowest BCUT2D eigenvalue weighted by atomic mass is 10.0. The van der Waals surface area contributed by atoms with Gasteiger partial charge in [-0.05, 0) is 48.0 Å². The monoisotopic (exact) mass is 430 g/mol. The average molecular weight is 430 g/mol. The summed E-state index contributed by atoms with van der Waals surface area (Å²) in [6, 6.07) is 15.4. The Hall–Kier alpha value is -3.94. The molecule has 3 N–H and O–H groups in total. The summed E-state index contributed by atoms with van der Waals surface area (Å²) in [6.07, 6.45) is 2.18. The third-order valence-electron chi connectivity index (χ3n) is 5.78. The molecule has 0 unspecified atom stereocenters. The zero-order valence-corrected chi connectivity index (χ0v) is 17.4. The van der Waals surface area contributed by atoms with E-state index in [0.717, 1.165) is 59.8 Å². The molecule has 2 aromatic heterocycles. The fraction of sp³-hybridized carbons (Fsp3) is 0.208. The van der Waals surface area contributed by atoms with Gasteiger partial charge in [0.2, 0.25) is 0 Å². The summed E-state index contributed by atoms with van der Waals surface area (Å²) in [5, 5.41) is 20.9. The van der Waals surface area contributed by atoms with E-state index >= 15 is 0 Å². The maximum atomic E-state index is 13.3. The number of hydrogen-bond acceptors (Lipinski definition) is 7. The zero-order valence-electron chi connectivity index (χ0n) is 17.4. The second-order valence-electron chi connectivity index (χ2n) is 7.93. The molecule has 3 heterocycles. The van der Waals surface area contributed by atoms with Crippen molar-refractivity contribution < 1.29 is 9.50 Å². The van der Waals surface area contributed by atoms with Crippen molar-refractivity contribution in [1.29, 1.82) is 0 Å². The maximum Gasteiger partial charge on any atom is 0.159 e. The summed E-state index contributed by atoms with van der Waals surface area (Å²) >= 11 is 0. The number of nitrogens with two attached hydrogens (primary N) is 1. The van der Waals surface area contributed by atoms with E-state index in [1.165, 1.54) is 12.1 Å². The van der Waals surface area contributed by atoms with Crippen molar-refractivity contribution in [1.82, 2.24) is 15.2 Å². The predicted octanol–water partition coefficient (Wildman–Crippen LogP) is 3.37. The van der Waals surface area contributed by atoms with Gasteiger partial charge in [-0.15, -0.1) is 5.10 Å². The smallest absolute Gasteiger partial charge is 0.159 e. The topological polar surface area (TPSA) is 91.4 Å². The van der Waals surface area contributed by atoms with Crippen LogP contribution in [0.15, 0.2) is 60.8 Å². The van der Waals surface area contributed by atoms with Gasteiger partial charge in [0.05, 0.1) is 17.6 Å². The quantitative estimate of drug-likeness (QED) is 0.513. The van der Waals surface area contributed by atoms with E-state index in [1.807, 2.05) is 18.2 Å². The maximum absolute atomic E-state index is 13.3. The number of aromatic nitrogens is 3. The normalized spacial score (nSPS) is 14.2. The van der Waals surface area contributed by atoms with E-state index in [2.05, 4.69) is 25.0 Å². The first kappa shape index (κ1) is 20.0. The number of phenolic OH excluding ortho intramolecular Hbond substituents is 1. The lowest BCUT2D eigenvalue weighted by Crippen LogP contribution is -2.47. The molecular weight excluding hydrogens is 407 g/mol. The Kier molecular flexibility index (Phi) is 5.18. The van der Waals surface area contributed by atoms with Crippen LogP contribution in [0.25, 0.3) is 10.8 Å². The average Bonchev–Trinajstić information content (AvgIpc) is 2.81. The minimum absolute atomic E-state index is 0.177. The summed E-state index contributed by atoms with van der Waals surface area (Å²) in [7, 11) is 0. The van der Waals surface area contributed by atoms with E-state index < -0.39 is 0 Å². The van der Waals surface area contributed by atoms with Crippen LogP contribution in [0.5, 0.6) is 5.75 Å². The molecule has 5 rings (SSSR count). The van der Waals surface area contributed by atoms with Crippen LogP contribution < -0.4 is 15.5 Å². The fourth-order valence-electron chi connectivity index (χ4n) is 4.07. The Bertz CT molecular complexity index is 1240. The molecule has 0 bridgehead atoms. The van der Waals surface area contributed by atoms with Crippen LogP contribution >= 0.6 is 0 Å². The second-order valence-corrected chi connectivity index (χ2v) is 7.93. The Balaban J connectivity index is 1.41. The van der Waals surface area contributed by atoms with Crippen molar-refractivity contribution in [3.05, 3.63) is 77.9 Å². The summed E-state index contributed by atoms with van der Waals surface area (Å²) in [4.78, 5) is 8.85. The Morgan fingerprint density at radius 2 is 1.62 bits per heavy atom. The first-order valence-corrected chi connectivity index (χ1v) is 10.5. The third kappa shape index (κ3) is 3.99. The van der Waals surface area contributed by atoms with Crippen LogP contribution in [0.1, 0.15) is 11.3 Å². The molecule has 32 heavy (non-hydrogen) atoms. The van der Waals surface area contributed by atoms with E-state index in [-0.39, 0.29) is 11.6 Å². The molecule has 4 aromatic rings. The van der Waals surface area contributed by atoms with Crippen LogP contribution in [0, 0.1) is 5.82 Å². The molecule has 8 heteroatoms. The van der Waals surface area contributed by atoms with Crippen LogP contribution in [0.3, 0.4) is 0 Å². The molecule has 2 aromatic carbocycles. The molecule has 0 atom stereocenters. The van der Waals surface area contributed by atoms with Gasteiger partial charge in [-0.3, -0.25) is 0 Å². The predicted molar refractivity (Wildman–Crippen MR) is 123 cm³/mol. The van der Waals surface area contributed by atoms with Gasteiger partial charge in [0.25, 0.3) is 0 Å². The molecule has 1 aliphatic heterocycles. The van der Waals surface area contributed by atoms with Crippen molar-refractivity contribution in [2.24, 2.45) is 0 Å². The van der Waals surface area contributed by atoms with Gasteiger partial charge >= 0.3 is 0 Å². The number of anilines is 3. The number of rotatable bonds is 4. The number of pyridine rings is 1. The molecule has 1 saturated heterocycles. The number of piperazine rings is 1. The first-order valence-electron chi connectivity index (χ1n) is 10.5. The summed E-state index contributed by atoms with van der Waals surface area (Å²) < 4.78 is 13.3. The molecule has 0 aliphatic carbocycles. The highest BCUT2D eigenvalue weighted by molar-refractivity contribution is 5.94. The van der Waals surface area contributed by atoms with Gasteiger partial charge in [0.1, 0.15) is 17.4 Å². The molecule has 1 fully saturated rings. The zero-order chi connectivity index (χ0) is 22.1. The van der Waals surface area contributed by atoms with Crippen molar-refractivity contribution in [3.8, 4) is 5.75 Å². The van der Waals surface area contributed by atoms with Gasteiger partial charge in [-0.25, -0.2) is 9.37 Å². The van der Waals surface area contributed by atoms with Crippen molar-refractivity contribution in [2.45, 2.75) is 6.42 Å². The molecule has 0 amide bonds. The van der Waals surface area contributed by atoms with Crippen LogP contribution in [-0.4, -0.2) is 46.5 Å². The van der Waals surface area contributed by atoms with Gasteiger partial charge in [-0.2, -0.15) is 5.10 Å². The highest BCUT2D eigenvalue weighted by Gasteiger charge is 2.22. The van der Waals surface area contributed by atoms with Crippen molar-refractivity contribution in [2.75, 3.05) is 41.7 Å². The van der Waals surface area contributed by atoms with E-state index in [0.29, 0.717) is 12.1 Å². The fourth-order valence-corrected chi connectivity index (χ4v) is 4.07. The number of fused-ring (bicyclic) bond motifs is 1. The van der Waals surface area contributed by atoms with Gasteiger partial charge in [0.15, 0.2) is 5.82 Å². The summed E-state index contributed by atoms with van der Waals surface area (Å²) in [6.45, 7) is 3.15. The number of benzene rings is 2. The summed E-state index contributed by atoms with van der Waals surface area (Å²) in [5.41, 5.74) is 8.08. The molecule has 1 aliphatic rings. The van der Waals surface area contributed by atoms with Crippen molar-refractivity contribution in [3.63, 3.8) is 0 Å². The number of halogens is 1. The molecule has 7 nitrogen and oxygen atoms in total. The second kappa shape index (κ2) is 8.30. The lowest BCUT2D eigenvalue weighted by Gasteiger charge is -2.36. The highest BCUT2D eigenvalue weighted by Crippen LogP contribution is 2.31. The van der Waals surface area contributed by atoms with Crippen molar-refractivity contribution >= 4 is 28.1 Å². The molecule has 0 radical (unpaired) electrons. The third-order valence-corrected chi connectivity index (χ3v) is 5.78. The standard InChI is InChI=1S/C24H23FN6O/c25-17-3-1-16(2-4-17)13-22-21-14-19(32)6-7-20(21)24(29-28-22)31-11-9-30(10-12-31)23-8-5-18(26)15-27-23/h1-8,14-15,32H,9-13,26H2. The molecular formula is C24H23FN6O. The van der Waals surface area contributed by atoms with Gasteiger partial charge in [-0.1, -0.05) is 12.1 Å². The van der Waals surface area contributed by atoms with Crippen LogP contribution in [0.2, 0.25) is 0 Å². The number of aromatic hydroxyl groups is 1. The number of hydrogen-bond donors (Lipinski definition) is 2.